The van der Waals surface area contributed by atoms with Gasteiger partial charge in [-0.25, -0.2) is 0 Å². The first-order valence-corrected chi connectivity index (χ1v) is 10.0. The van der Waals surface area contributed by atoms with Crippen molar-refractivity contribution < 1.29 is 31.0 Å². The standard InChI is InChI=1S/C16H13NO7S2/c18-16-6-5-14(26(22,23)24)9-15(16)17-12-3-1-11-8-13(25(19,20)21)4-2-10(11)7-12/h1-9,17-18H,(H,19,20,21)(H,22,23,24). The van der Waals surface area contributed by atoms with Gasteiger partial charge in [0.15, 0.2) is 0 Å². The van der Waals surface area contributed by atoms with Crippen molar-refractivity contribution in [3.8, 4) is 5.75 Å². The average molecular weight is 395 g/mol. The Hall–Kier alpha value is -2.66. The van der Waals surface area contributed by atoms with Crippen LogP contribution in [0.15, 0.2) is 64.4 Å². The summed E-state index contributed by atoms with van der Waals surface area (Å²) < 4.78 is 63.0. The van der Waals surface area contributed by atoms with Crippen molar-refractivity contribution in [1.82, 2.24) is 0 Å². The molecule has 3 aromatic carbocycles. The van der Waals surface area contributed by atoms with Crippen LogP contribution in [0.2, 0.25) is 0 Å². The number of nitrogens with one attached hydrogen (secondary N) is 1. The molecule has 0 aromatic heterocycles. The summed E-state index contributed by atoms with van der Waals surface area (Å²) in [7, 11) is -8.73. The largest absolute Gasteiger partial charge is 0.506 e. The van der Waals surface area contributed by atoms with E-state index in [2.05, 4.69) is 5.32 Å². The monoisotopic (exact) mass is 395 g/mol. The normalized spacial score (nSPS) is 12.2. The molecule has 3 rings (SSSR count). The third-order valence-electron chi connectivity index (χ3n) is 3.65. The molecule has 0 unspecified atom stereocenters. The van der Waals surface area contributed by atoms with Crippen LogP contribution < -0.4 is 5.32 Å². The van der Waals surface area contributed by atoms with Crippen molar-refractivity contribution in [2.75, 3.05) is 5.32 Å². The summed E-state index contributed by atoms with van der Waals surface area (Å²) in [5.74, 6) is -0.223. The molecule has 0 aliphatic carbocycles. The highest BCUT2D eigenvalue weighted by molar-refractivity contribution is 7.86. The van der Waals surface area contributed by atoms with E-state index in [0.717, 1.165) is 18.2 Å². The van der Waals surface area contributed by atoms with Crippen LogP contribution in [-0.2, 0) is 20.2 Å². The van der Waals surface area contributed by atoms with E-state index in [1.165, 1.54) is 18.2 Å². The zero-order valence-electron chi connectivity index (χ0n) is 13.0. The Kier molecular flexibility index (Phi) is 4.36. The van der Waals surface area contributed by atoms with Gasteiger partial charge in [0.05, 0.1) is 15.5 Å². The molecule has 0 atom stereocenters. The minimum Gasteiger partial charge on any atom is -0.506 e. The van der Waals surface area contributed by atoms with Crippen LogP contribution in [0.5, 0.6) is 5.75 Å². The Bertz CT molecular complexity index is 1220. The predicted octanol–water partition coefficient (Wildman–Crippen LogP) is 2.78. The van der Waals surface area contributed by atoms with Gasteiger partial charge >= 0.3 is 0 Å². The molecule has 0 aliphatic rings. The first-order valence-electron chi connectivity index (χ1n) is 7.13. The molecule has 10 heteroatoms. The summed E-state index contributed by atoms with van der Waals surface area (Å²) in [6.07, 6.45) is 0. The molecule has 0 saturated heterocycles. The molecule has 0 amide bonds. The Morgan fingerprint density at radius 1 is 0.692 bits per heavy atom. The van der Waals surface area contributed by atoms with E-state index in [0.29, 0.717) is 16.5 Å². The van der Waals surface area contributed by atoms with Crippen LogP contribution in [0.3, 0.4) is 0 Å². The molecule has 3 aromatic rings. The molecule has 136 valence electrons. The van der Waals surface area contributed by atoms with Gasteiger partial charge in [0, 0.05) is 5.69 Å². The quantitative estimate of drug-likeness (QED) is 0.390. The van der Waals surface area contributed by atoms with Gasteiger partial charge in [0.1, 0.15) is 5.75 Å². The van der Waals surface area contributed by atoms with Gasteiger partial charge in [-0.05, 0) is 53.2 Å². The van der Waals surface area contributed by atoms with Crippen LogP contribution in [-0.4, -0.2) is 31.0 Å². The number of fused-ring (bicyclic) bond motifs is 1. The third kappa shape index (κ3) is 3.78. The fourth-order valence-corrected chi connectivity index (χ4v) is 3.42. The molecule has 0 spiro atoms. The van der Waals surface area contributed by atoms with Gasteiger partial charge in [0.25, 0.3) is 20.2 Å². The number of benzene rings is 3. The highest BCUT2D eigenvalue weighted by Crippen LogP contribution is 2.31. The highest BCUT2D eigenvalue weighted by Gasteiger charge is 2.13. The summed E-state index contributed by atoms with van der Waals surface area (Å²) >= 11 is 0. The van der Waals surface area contributed by atoms with Crippen LogP contribution in [0, 0.1) is 0 Å². The molecule has 0 radical (unpaired) electrons. The summed E-state index contributed by atoms with van der Waals surface area (Å²) in [4.78, 5) is -0.611. The molecular weight excluding hydrogens is 382 g/mol. The van der Waals surface area contributed by atoms with E-state index in [-0.39, 0.29) is 21.2 Å². The summed E-state index contributed by atoms with van der Waals surface area (Å²) in [5, 5.41) is 13.9. The number of hydrogen-bond acceptors (Lipinski definition) is 6. The average Bonchev–Trinajstić information content (AvgIpc) is 2.54. The lowest BCUT2D eigenvalue weighted by atomic mass is 10.1. The molecule has 0 saturated carbocycles. The fraction of sp³-hybridized carbons (Fsp3) is 0. The first kappa shape index (κ1) is 18.1. The maximum Gasteiger partial charge on any atom is 0.294 e. The van der Waals surface area contributed by atoms with Gasteiger partial charge in [-0.2, -0.15) is 16.8 Å². The zero-order chi connectivity index (χ0) is 19.1. The lowest BCUT2D eigenvalue weighted by molar-refractivity contribution is 0.474. The second-order valence-electron chi connectivity index (χ2n) is 5.48. The Balaban J connectivity index is 2.00. The second-order valence-corrected chi connectivity index (χ2v) is 8.32. The SMILES string of the molecule is O=S(=O)(O)c1ccc(O)c(Nc2ccc3cc(S(=O)(=O)O)ccc3c2)c1. The molecule has 8 nitrogen and oxygen atoms in total. The lowest BCUT2D eigenvalue weighted by Gasteiger charge is -2.11. The molecular formula is C16H13NO7S2. The van der Waals surface area contributed by atoms with Crippen LogP contribution in [0.4, 0.5) is 11.4 Å². The molecule has 0 heterocycles. The predicted molar refractivity (Wildman–Crippen MR) is 95.0 cm³/mol. The topological polar surface area (TPSA) is 141 Å². The van der Waals surface area contributed by atoms with Crippen LogP contribution in [0.1, 0.15) is 0 Å². The van der Waals surface area contributed by atoms with E-state index in [1.54, 1.807) is 18.2 Å². The molecule has 0 aliphatic heterocycles. The van der Waals surface area contributed by atoms with Crippen molar-refractivity contribution in [2.45, 2.75) is 9.79 Å². The van der Waals surface area contributed by atoms with Crippen molar-refractivity contribution >= 4 is 42.4 Å². The van der Waals surface area contributed by atoms with Crippen molar-refractivity contribution in [3.63, 3.8) is 0 Å². The van der Waals surface area contributed by atoms with Crippen molar-refractivity contribution in [2.24, 2.45) is 0 Å². The molecule has 0 bridgehead atoms. The highest BCUT2D eigenvalue weighted by atomic mass is 32.2. The summed E-state index contributed by atoms with van der Waals surface area (Å²) in [6.45, 7) is 0. The Labute approximate surface area is 149 Å². The molecule has 0 fully saturated rings. The molecule has 4 N–H and O–H groups in total. The van der Waals surface area contributed by atoms with E-state index < -0.39 is 20.2 Å². The lowest BCUT2D eigenvalue weighted by Crippen LogP contribution is -2.00. The smallest absolute Gasteiger partial charge is 0.294 e. The number of hydrogen-bond donors (Lipinski definition) is 4. The number of aromatic hydroxyl groups is 1. The number of phenols is 1. The minimum absolute atomic E-state index is 0.0639. The van der Waals surface area contributed by atoms with E-state index in [1.807, 2.05) is 0 Å². The van der Waals surface area contributed by atoms with Gasteiger partial charge in [-0.1, -0.05) is 12.1 Å². The Morgan fingerprint density at radius 3 is 1.88 bits per heavy atom. The zero-order valence-corrected chi connectivity index (χ0v) is 14.6. The van der Waals surface area contributed by atoms with E-state index in [9.17, 15) is 21.9 Å². The van der Waals surface area contributed by atoms with Gasteiger partial charge < -0.3 is 10.4 Å². The van der Waals surface area contributed by atoms with Gasteiger partial charge in [-0.15, -0.1) is 0 Å². The van der Waals surface area contributed by atoms with E-state index >= 15 is 0 Å². The first-order chi connectivity index (χ1) is 12.0. The number of phenolic OH excluding ortho intramolecular Hbond substituents is 1. The maximum absolute atomic E-state index is 11.2. The van der Waals surface area contributed by atoms with Gasteiger partial charge in [0.2, 0.25) is 0 Å². The van der Waals surface area contributed by atoms with Crippen LogP contribution in [0.25, 0.3) is 10.8 Å². The Morgan fingerprint density at radius 2 is 1.23 bits per heavy atom. The summed E-state index contributed by atoms with van der Waals surface area (Å²) in [6, 6.07) is 12.1. The third-order valence-corrected chi connectivity index (χ3v) is 5.35. The molecule has 26 heavy (non-hydrogen) atoms. The van der Waals surface area contributed by atoms with Crippen LogP contribution >= 0.6 is 0 Å². The fourth-order valence-electron chi connectivity index (χ4n) is 2.39. The van der Waals surface area contributed by atoms with Crippen molar-refractivity contribution in [3.05, 3.63) is 54.6 Å². The number of anilines is 2. The van der Waals surface area contributed by atoms with E-state index in [4.69, 9.17) is 9.11 Å². The second kappa shape index (κ2) is 6.25. The van der Waals surface area contributed by atoms with Crippen molar-refractivity contribution in [1.29, 1.82) is 0 Å². The number of rotatable bonds is 4. The summed E-state index contributed by atoms with van der Waals surface area (Å²) in [5.41, 5.74) is 0.550. The van der Waals surface area contributed by atoms with Gasteiger partial charge in [-0.3, -0.25) is 9.11 Å². The minimum atomic E-state index is -4.42. The maximum atomic E-state index is 11.2.